The van der Waals surface area contributed by atoms with Gasteiger partial charge < -0.3 is 46.9 Å². The van der Waals surface area contributed by atoms with Crippen LogP contribution in [-0.4, -0.2) is 118 Å². The van der Waals surface area contributed by atoms with E-state index in [-0.39, 0.29) is 29.6 Å². The van der Waals surface area contributed by atoms with Gasteiger partial charge in [-0.15, -0.1) is 10.2 Å². The number of hydrogen-bond acceptors (Lipinski definition) is 22. The minimum absolute atomic E-state index is 0.0935. The molecule has 97 heavy (non-hydrogen) atoms. The van der Waals surface area contributed by atoms with E-state index in [1.807, 2.05) is 127 Å². The standard InChI is InChI=1S/C19H21N5O4S.C19H15N5OS.C17H15ClN4OS.C11H13N5OS/c1-26-14-8-13(9-15(27-2)16(14)28-3)21-17(25)12-6-4-5-11(7-12)10-29-19-22-18(20)23-24-19;25-18(23-17-6-2-5-15-10-20-8-7-16(15)17)14-4-1-3-13(9-14)11-26-19-21-12-22-24-19;18-15-6-4-12(5-7-15)9-19-16(23)14-3-1-2-13(8-14)10-24-17-20-11-21-22-17;1-13-9(17)8-4-2-3-7(5-8)6-18-11-14-10(12)15-16-11/h4-9H,10H2,1-3H3,(H,21,25)(H3,20,22,23,24);1-10,12H,11H2,(H,23,25)(H,21,22,24);1-8,11H,9-10H2,(H,19,23)(H,20,21,22);2-5H,6H2,1H3,(H,13,17)(H3,12,14,15,16). The Morgan fingerprint density at radius 2 is 0.990 bits per heavy atom. The Labute approximate surface area is 578 Å². The summed E-state index contributed by atoms with van der Waals surface area (Å²) in [4.78, 5) is 69.5. The van der Waals surface area contributed by atoms with Crippen LogP contribution in [0.1, 0.15) is 69.2 Å². The zero-order valence-electron chi connectivity index (χ0n) is 52.4. The Morgan fingerprint density at radius 1 is 0.515 bits per heavy atom. The predicted octanol–water partition coefficient (Wildman–Crippen LogP) is 11.6. The summed E-state index contributed by atoms with van der Waals surface area (Å²) in [5, 5.41) is 43.0. The third-order valence-corrected chi connectivity index (χ3v) is 17.4. The number of nitrogens with two attached hydrogens (primary N) is 2. The first-order valence-electron chi connectivity index (χ1n) is 29.2. The highest BCUT2D eigenvalue weighted by Crippen LogP contribution is 2.40. The number of benzene rings is 7. The summed E-state index contributed by atoms with van der Waals surface area (Å²) in [5.41, 5.74) is 19.8. The normalized spacial score (nSPS) is 10.5. The van der Waals surface area contributed by atoms with E-state index in [4.69, 9.17) is 37.3 Å². The minimum atomic E-state index is -0.256. The molecule has 4 amide bonds. The summed E-state index contributed by atoms with van der Waals surface area (Å²) >= 11 is 11.8. The van der Waals surface area contributed by atoms with Crippen LogP contribution < -0.4 is 46.9 Å². The number of nitrogen functional groups attached to an aromatic ring is 2. The first kappa shape index (κ1) is 70.4. The van der Waals surface area contributed by atoms with Gasteiger partial charge in [-0.25, -0.2) is 20.2 Å². The maximum Gasteiger partial charge on any atom is 0.255 e. The molecule has 0 aliphatic carbocycles. The van der Waals surface area contributed by atoms with E-state index in [1.54, 1.807) is 49.8 Å². The Hall–Kier alpha value is -10.9. The van der Waals surface area contributed by atoms with Crippen LogP contribution >= 0.6 is 58.6 Å². The molecule has 26 nitrogen and oxygen atoms in total. The minimum Gasteiger partial charge on any atom is -0.493 e. The summed E-state index contributed by atoms with van der Waals surface area (Å²) < 4.78 is 15.9. The lowest BCUT2D eigenvalue weighted by Gasteiger charge is -2.14. The molecule has 0 aliphatic heterocycles. The maximum atomic E-state index is 12.7. The number of carbonyl (C=O) groups is 4. The number of aromatic amines is 4. The van der Waals surface area contributed by atoms with E-state index >= 15 is 0 Å². The number of methoxy groups -OCH3 is 3. The Kier molecular flexibility index (Phi) is 26.2. The molecule has 0 bridgehead atoms. The number of nitrogens with zero attached hydrogens (tertiary/aromatic N) is 9. The number of rotatable bonds is 23. The van der Waals surface area contributed by atoms with Gasteiger partial charge >= 0.3 is 0 Å². The van der Waals surface area contributed by atoms with Crippen molar-refractivity contribution in [1.82, 2.24) is 76.3 Å². The van der Waals surface area contributed by atoms with Crippen LogP contribution in [0.25, 0.3) is 10.8 Å². The van der Waals surface area contributed by atoms with Crippen molar-refractivity contribution in [2.24, 2.45) is 0 Å². The van der Waals surface area contributed by atoms with Crippen LogP contribution in [0.4, 0.5) is 23.3 Å². The topological polar surface area (TPSA) is 375 Å². The number of H-pyrrole nitrogens is 4. The molecule has 31 heteroatoms. The van der Waals surface area contributed by atoms with Gasteiger partial charge in [0, 0.05) is 111 Å². The summed E-state index contributed by atoms with van der Waals surface area (Å²) in [6.07, 6.45) is 6.46. The molecule has 12 aromatic rings. The van der Waals surface area contributed by atoms with E-state index in [2.05, 4.69) is 87.0 Å². The number of carbonyl (C=O) groups excluding carboxylic acids is 4. The number of ether oxygens (including phenoxy) is 3. The molecule has 5 aromatic heterocycles. The largest absolute Gasteiger partial charge is 0.493 e. The smallest absolute Gasteiger partial charge is 0.255 e. The molecule has 0 unspecified atom stereocenters. The summed E-state index contributed by atoms with van der Waals surface area (Å²) in [5.74, 6) is 4.06. The number of hydrogen-bond donors (Lipinski definition) is 10. The lowest BCUT2D eigenvalue weighted by Crippen LogP contribution is -2.22. The fourth-order valence-corrected chi connectivity index (χ4v) is 11.9. The van der Waals surface area contributed by atoms with Gasteiger partial charge in [0.05, 0.1) is 21.3 Å². The van der Waals surface area contributed by atoms with Gasteiger partial charge in [0.25, 0.3) is 23.6 Å². The number of anilines is 4. The van der Waals surface area contributed by atoms with Crippen LogP contribution in [0.3, 0.4) is 0 Å². The van der Waals surface area contributed by atoms with Gasteiger partial charge in [0.1, 0.15) is 12.7 Å². The fourth-order valence-electron chi connectivity index (χ4n) is 8.80. The molecule has 0 atom stereocenters. The Morgan fingerprint density at radius 3 is 1.44 bits per heavy atom. The average molecular weight is 1400 g/mol. The van der Waals surface area contributed by atoms with E-state index in [9.17, 15) is 19.2 Å². The van der Waals surface area contributed by atoms with Crippen molar-refractivity contribution < 1.29 is 33.4 Å². The number of thioether (sulfide) groups is 4. The molecular weight excluding hydrogens is 1330 g/mol. The van der Waals surface area contributed by atoms with Crippen LogP contribution in [0.5, 0.6) is 17.2 Å². The molecule has 0 radical (unpaired) electrons. The van der Waals surface area contributed by atoms with Crippen LogP contribution in [0.2, 0.25) is 5.02 Å². The fraction of sp³-hybridized carbons (Fsp3) is 0.136. The number of fused-ring (bicyclic) bond motifs is 1. The molecule has 0 aliphatic rings. The molecule has 0 fully saturated rings. The van der Waals surface area contributed by atoms with Crippen molar-refractivity contribution in [2.45, 2.75) is 50.2 Å². The predicted molar refractivity (Wildman–Crippen MR) is 378 cm³/mol. The zero-order valence-corrected chi connectivity index (χ0v) is 56.4. The molecular formula is C66H64ClN19O7S4. The van der Waals surface area contributed by atoms with E-state index < -0.39 is 0 Å². The Balaban J connectivity index is 0.000000153. The van der Waals surface area contributed by atoms with Crippen molar-refractivity contribution in [3.63, 3.8) is 0 Å². The van der Waals surface area contributed by atoms with Crippen molar-refractivity contribution in [2.75, 3.05) is 50.5 Å². The highest BCUT2D eigenvalue weighted by atomic mass is 35.5. The van der Waals surface area contributed by atoms with Crippen LogP contribution in [0, 0.1) is 0 Å². The van der Waals surface area contributed by atoms with Gasteiger partial charge in [-0.3, -0.25) is 34.4 Å². The van der Waals surface area contributed by atoms with E-state index in [0.717, 1.165) is 54.6 Å². The van der Waals surface area contributed by atoms with Gasteiger partial charge in [0.15, 0.2) is 21.8 Å². The van der Waals surface area contributed by atoms with Gasteiger partial charge in [-0.05, 0) is 101 Å². The third-order valence-electron chi connectivity index (χ3n) is 13.4. The van der Waals surface area contributed by atoms with Crippen molar-refractivity contribution in [3.05, 3.63) is 238 Å². The molecule has 5 heterocycles. The number of amides is 4. The zero-order chi connectivity index (χ0) is 68.3. The average Bonchev–Trinajstić information content (AvgIpc) is 1.49. The lowest BCUT2D eigenvalue weighted by atomic mass is 10.1. The number of halogens is 1. The third kappa shape index (κ3) is 21.5. The highest BCUT2D eigenvalue weighted by Gasteiger charge is 2.17. The van der Waals surface area contributed by atoms with Gasteiger partial charge in [0.2, 0.25) is 28.0 Å². The highest BCUT2D eigenvalue weighted by molar-refractivity contribution is 7.99. The summed E-state index contributed by atoms with van der Waals surface area (Å²) in [7, 11) is 6.17. The second kappa shape index (κ2) is 36.1. The molecule has 7 aromatic carbocycles. The van der Waals surface area contributed by atoms with Crippen molar-refractivity contribution in [3.8, 4) is 17.2 Å². The molecule has 0 saturated heterocycles. The quantitative estimate of drug-likeness (QED) is 0.0266. The molecule has 0 saturated carbocycles. The van der Waals surface area contributed by atoms with Crippen molar-refractivity contribution >= 4 is 116 Å². The van der Waals surface area contributed by atoms with Crippen LogP contribution in [-0.2, 0) is 29.6 Å². The number of pyridine rings is 1. The molecule has 12 rings (SSSR count). The second-order valence-electron chi connectivity index (χ2n) is 20.2. The second-order valence-corrected chi connectivity index (χ2v) is 24.4. The first-order valence-corrected chi connectivity index (χ1v) is 33.5. The summed E-state index contributed by atoms with van der Waals surface area (Å²) in [6.45, 7) is 0.465. The van der Waals surface area contributed by atoms with E-state index in [1.165, 1.54) is 81.0 Å². The molecule has 0 spiro atoms. The SMILES string of the molecule is CNC(=O)c1cccc(CSc2n[nH]c(N)n2)c1.COc1cc(NC(=O)c2cccc(CSc3n[nH]c(N)n3)c2)cc(OC)c1OC.O=C(NCc1ccc(Cl)cc1)c1cccc(CSc2ncn[nH]2)c1.O=C(Nc1cccc2cnccc12)c1cccc(CSc2ncn[nH]2)c1. The van der Waals surface area contributed by atoms with Crippen LogP contribution in [0.15, 0.2) is 203 Å². The number of aromatic nitrogens is 13. The summed E-state index contributed by atoms with van der Waals surface area (Å²) in [6, 6.07) is 48.3. The molecule has 496 valence electrons. The molecule has 12 N–H and O–H groups in total. The number of nitrogens with one attached hydrogen (secondary N) is 8. The van der Waals surface area contributed by atoms with Gasteiger partial charge in [-0.1, -0.05) is 131 Å². The Bertz CT molecular complexity index is 4520. The van der Waals surface area contributed by atoms with E-state index in [0.29, 0.717) is 96.0 Å². The first-order chi connectivity index (χ1) is 47.2. The van der Waals surface area contributed by atoms with Gasteiger partial charge in [-0.2, -0.15) is 20.2 Å². The lowest BCUT2D eigenvalue weighted by molar-refractivity contribution is 0.0946. The van der Waals surface area contributed by atoms with Crippen molar-refractivity contribution in [1.29, 1.82) is 0 Å². The monoisotopic (exact) mass is 1400 g/mol. The maximum absolute atomic E-state index is 12.7.